The molecule has 0 spiro atoms. The van der Waals surface area contributed by atoms with E-state index in [4.69, 9.17) is 9.47 Å². The fraction of sp³-hybridized carbons (Fsp3) is 0.381. The molecule has 1 saturated heterocycles. The van der Waals surface area contributed by atoms with Crippen LogP contribution in [0.2, 0.25) is 0 Å². The minimum atomic E-state index is -0.0916. The third kappa shape index (κ3) is 5.51. The van der Waals surface area contributed by atoms with Gasteiger partial charge >= 0.3 is 0 Å². The molecule has 1 aliphatic heterocycles. The third-order valence-corrected chi connectivity index (χ3v) is 5.94. The highest BCUT2D eigenvalue weighted by molar-refractivity contribution is 8.00. The zero-order chi connectivity index (χ0) is 18.2. The van der Waals surface area contributed by atoms with Crippen molar-refractivity contribution in [3.8, 4) is 5.75 Å². The fourth-order valence-electron chi connectivity index (χ4n) is 2.96. The van der Waals surface area contributed by atoms with Crippen LogP contribution in [0.1, 0.15) is 18.4 Å². The van der Waals surface area contributed by atoms with E-state index < -0.39 is 0 Å². The summed E-state index contributed by atoms with van der Waals surface area (Å²) in [5, 5.41) is 3.06. The second-order valence-electron chi connectivity index (χ2n) is 6.59. The zero-order valence-corrected chi connectivity index (χ0v) is 15.9. The van der Waals surface area contributed by atoms with Gasteiger partial charge in [0.2, 0.25) is 0 Å². The summed E-state index contributed by atoms with van der Waals surface area (Å²) in [6.45, 7) is 4.12. The number of aryl methyl sites for hydroxylation is 1. The Kier molecular flexibility index (Phi) is 6.58. The summed E-state index contributed by atoms with van der Waals surface area (Å²) >= 11 is 1.83. The van der Waals surface area contributed by atoms with Crippen molar-refractivity contribution in [1.29, 1.82) is 0 Å². The topological polar surface area (TPSA) is 47.6 Å². The van der Waals surface area contributed by atoms with Gasteiger partial charge in [0.15, 0.2) is 6.61 Å². The number of amides is 1. The monoisotopic (exact) mass is 371 g/mol. The first-order valence-corrected chi connectivity index (χ1v) is 9.75. The molecule has 0 saturated carbocycles. The molecule has 0 unspecified atom stereocenters. The molecule has 0 aromatic heterocycles. The van der Waals surface area contributed by atoms with Crippen molar-refractivity contribution in [1.82, 2.24) is 5.32 Å². The van der Waals surface area contributed by atoms with E-state index in [1.165, 1.54) is 4.90 Å². The molecule has 1 aliphatic rings. The Labute approximate surface area is 159 Å². The maximum atomic E-state index is 12.3. The summed E-state index contributed by atoms with van der Waals surface area (Å²) in [7, 11) is 0. The van der Waals surface area contributed by atoms with Crippen LogP contribution < -0.4 is 10.1 Å². The highest BCUT2D eigenvalue weighted by atomic mass is 32.2. The van der Waals surface area contributed by atoms with E-state index in [0.717, 1.165) is 37.4 Å². The van der Waals surface area contributed by atoms with Crippen LogP contribution in [-0.4, -0.2) is 37.0 Å². The molecule has 3 rings (SSSR count). The molecular weight excluding hydrogens is 346 g/mol. The molecule has 1 fully saturated rings. The van der Waals surface area contributed by atoms with Crippen LogP contribution in [0.25, 0.3) is 0 Å². The van der Waals surface area contributed by atoms with Gasteiger partial charge < -0.3 is 14.8 Å². The molecule has 0 atom stereocenters. The number of carbonyl (C=O) groups excluding carboxylic acids is 1. The standard InChI is InChI=1S/C21H25NO3S/c1-17-6-5-7-18(14-17)25-15-20(23)22-16-21(10-12-24-13-11-21)26-19-8-3-2-4-9-19/h2-9,14H,10-13,15-16H2,1H3,(H,22,23). The quantitative estimate of drug-likeness (QED) is 0.803. The maximum Gasteiger partial charge on any atom is 0.257 e. The highest BCUT2D eigenvalue weighted by Crippen LogP contribution is 2.40. The Hall–Kier alpha value is -1.98. The van der Waals surface area contributed by atoms with Gasteiger partial charge in [-0.15, -0.1) is 11.8 Å². The summed E-state index contributed by atoms with van der Waals surface area (Å²) in [6, 6.07) is 18.1. The van der Waals surface area contributed by atoms with E-state index in [-0.39, 0.29) is 17.3 Å². The third-order valence-electron chi connectivity index (χ3n) is 4.45. The number of nitrogens with one attached hydrogen (secondary N) is 1. The summed E-state index contributed by atoms with van der Waals surface area (Å²) in [4.78, 5) is 13.5. The van der Waals surface area contributed by atoms with Crippen molar-refractivity contribution in [3.05, 3.63) is 60.2 Å². The van der Waals surface area contributed by atoms with Crippen molar-refractivity contribution >= 4 is 17.7 Å². The van der Waals surface area contributed by atoms with E-state index in [0.29, 0.717) is 6.54 Å². The van der Waals surface area contributed by atoms with Crippen LogP contribution in [0.3, 0.4) is 0 Å². The molecular formula is C21H25NO3S. The predicted molar refractivity (Wildman–Crippen MR) is 105 cm³/mol. The number of ether oxygens (including phenoxy) is 2. The first-order valence-electron chi connectivity index (χ1n) is 8.93. The molecule has 1 heterocycles. The number of carbonyl (C=O) groups is 1. The molecule has 2 aromatic carbocycles. The number of benzene rings is 2. The molecule has 0 radical (unpaired) electrons. The van der Waals surface area contributed by atoms with E-state index in [1.807, 2.05) is 61.2 Å². The number of hydrogen-bond donors (Lipinski definition) is 1. The van der Waals surface area contributed by atoms with Crippen LogP contribution in [0.4, 0.5) is 0 Å². The lowest BCUT2D eigenvalue weighted by molar-refractivity contribution is -0.123. The SMILES string of the molecule is Cc1cccc(OCC(=O)NCC2(Sc3ccccc3)CCOCC2)c1. The molecule has 0 aliphatic carbocycles. The van der Waals surface area contributed by atoms with Crippen molar-refractivity contribution in [2.24, 2.45) is 0 Å². The molecule has 138 valence electrons. The Morgan fingerprint density at radius 3 is 2.65 bits per heavy atom. The van der Waals surface area contributed by atoms with Crippen molar-refractivity contribution < 1.29 is 14.3 Å². The number of thioether (sulfide) groups is 1. The van der Waals surface area contributed by atoms with E-state index in [2.05, 4.69) is 17.4 Å². The van der Waals surface area contributed by atoms with Crippen LogP contribution in [0.15, 0.2) is 59.5 Å². The van der Waals surface area contributed by atoms with Crippen molar-refractivity contribution in [3.63, 3.8) is 0 Å². The lowest BCUT2D eigenvalue weighted by atomic mass is 9.99. The van der Waals surface area contributed by atoms with Gasteiger partial charge in [-0.1, -0.05) is 30.3 Å². The summed E-state index contributed by atoms with van der Waals surface area (Å²) < 4.78 is 11.1. The molecule has 1 amide bonds. The smallest absolute Gasteiger partial charge is 0.257 e. The molecule has 0 bridgehead atoms. The van der Waals surface area contributed by atoms with Gasteiger partial charge in [0, 0.05) is 29.4 Å². The van der Waals surface area contributed by atoms with E-state index in [9.17, 15) is 4.79 Å². The lowest BCUT2D eigenvalue weighted by Crippen LogP contribution is -2.45. The zero-order valence-electron chi connectivity index (χ0n) is 15.1. The second-order valence-corrected chi connectivity index (χ2v) is 8.13. The van der Waals surface area contributed by atoms with Gasteiger partial charge in [-0.05, 0) is 49.6 Å². The van der Waals surface area contributed by atoms with Crippen LogP contribution in [-0.2, 0) is 9.53 Å². The van der Waals surface area contributed by atoms with Gasteiger partial charge in [-0.3, -0.25) is 4.79 Å². The molecule has 1 N–H and O–H groups in total. The Bertz CT molecular complexity index is 714. The number of rotatable bonds is 7. The van der Waals surface area contributed by atoms with Crippen LogP contribution >= 0.6 is 11.8 Å². The van der Waals surface area contributed by atoms with Crippen LogP contribution in [0, 0.1) is 6.92 Å². The molecule has 2 aromatic rings. The van der Waals surface area contributed by atoms with Crippen molar-refractivity contribution in [2.45, 2.75) is 29.4 Å². The number of hydrogen-bond acceptors (Lipinski definition) is 4. The van der Waals surface area contributed by atoms with Crippen molar-refractivity contribution in [2.75, 3.05) is 26.4 Å². The first-order chi connectivity index (χ1) is 12.7. The minimum Gasteiger partial charge on any atom is -0.484 e. The largest absolute Gasteiger partial charge is 0.484 e. The van der Waals surface area contributed by atoms with Gasteiger partial charge in [0.05, 0.1) is 0 Å². The Balaban J connectivity index is 1.54. The fourth-order valence-corrected chi connectivity index (χ4v) is 4.27. The molecule has 5 heteroatoms. The second kappa shape index (κ2) is 9.10. The summed E-state index contributed by atoms with van der Waals surface area (Å²) in [6.07, 6.45) is 1.84. The van der Waals surface area contributed by atoms with Gasteiger partial charge in [0.1, 0.15) is 5.75 Å². The summed E-state index contributed by atoms with van der Waals surface area (Å²) in [5.41, 5.74) is 1.11. The minimum absolute atomic E-state index is 0.0292. The maximum absolute atomic E-state index is 12.3. The highest BCUT2D eigenvalue weighted by Gasteiger charge is 2.34. The average Bonchev–Trinajstić information content (AvgIpc) is 2.66. The first kappa shape index (κ1) is 18.8. The average molecular weight is 372 g/mol. The Morgan fingerprint density at radius 1 is 1.15 bits per heavy atom. The summed E-state index contributed by atoms with van der Waals surface area (Å²) in [5.74, 6) is 0.630. The van der Waals surface area contributed by atoms with Gasteiger partial charge in [-0.2, -0.15) is 0 Å². The van der Waals surface area contributed by atoms with E-state index >= 15 is 0 Å². The normalized spacial score (nSPS) is 16.0. The van der Waals surface area contributed by atoms with Gasteiger partial charge in [-0.25, -0.2) is 0 Å². The Morgan fingerprint density at radius 2 is 1.92 bits per heavy atom. The molecule has 4 nitrogen and oxygen atoms in total. The lowest BCUT2D eigenvalue weighted by Gasteiger charge is -2.36. The van der Waals surface area contributed by atoms with Gasteiger partial charge in [0.25, 0.3) is 5.91 Å². The molecule has 26 heavy (non-hydrogen) atoms. The van der Waals surface area contributed by atoms with Crippen LogP contribution in [0.5, 0.6) is 5.75 Å². The predicted octanol–water partition coefficient (Wildman–Crippen LogP) is 3.83. The van der Waals surface area contributed by atoms with E-state index in [1.54, 1.807) is 0 Å².